The molecule has 0 spiro atoms. The molecule has 3 nitrogen and oxygen atoms in total. The van der Waals surface area contributed by atoms with Gasteiger partial charge in [-0.3, -0.25) is 0 Å². The van der Waals surface area contributed by atoms with Crippen molar-refractivity contribution in [1.29, 1.82) is 0 Å². The van der Waals surface area contributed by atoms with E-state index >= 15 is 0 Å². The van der Waals surface area contributed by atoms with E-state index in [0.717, 1.165) is 50.4 Å². The van der Waals surface area contributed by atoms with Gasteiger partial charge in [-0.1, -0.05) is 131 Å². The van der Waals surface area contributed by atoms with Crippen LogP contribution < -0.4 is 0 Å². The number of benzene rings is 4. The zero-order valence-electron chi connectivity index (χ0n) is 31.3. The monoisotopic (exact) mass is 873 g/mol. The van der Waals surface area contributed by atoms with Gasteiger partial charge in [-0.2, -0.15) is 0 Å². The molecule has 0 amide bonds. The maximum absolute atomic E-state index is 5.94. The molecule has 1 saturated carbocycles. The molecule has 7 aromatic rings. The standard InChI is InChI=1S/C25H24NO.C24H24N.Ir/c1-25(2,18-7-3-4-8-18)19-13-14-26-22(16-19)17-11-12-24-21(15-17)20-9-5-6-10-23(20)27-24;1-24(2,21-11-4-3-5-12-21)22-13-8-16-25-23(22)20-15-14-18-9-6-7-10-19(18)17-20;/h5-6,9-10,12-16,18H,3-4,7-8H2,1-2H3;3-5,8,11-14,16-17H,6-7,9-10H2,1-2H3;/q2*-1;. The molecule has 2 aliphatic rings. The summed E-state index contributed by atoms with van der Waals surface area (Å²) in [6.07, 6.45) is 14.2. The summed E-state index contributed by atoms with van der Waals surface area (Å²) in [5, 5.41) is 2.27. The Balaban J connectivity index is 0.000000162. The largest absolute Gasteiger partial charge is 0.500 e. The molecule has 0 saturated heterocycles. The SMILES string of the molecule is CC(C)(c1ccccc1)c1cccnc1-c1[c-]cc2c(c1)CCCC2.CC(C)(c1ccnc(-c2[c-]cc3oc4ccccc4c3c2)c1)C1CCCC1.[Ir]. The van der Waals surface area contributed by atoms with Gasteiger partial charge in [0.25, 0.3) is 0 Å². The molecule has 0 aliphatic heterocycles. The molecule has 0 N–H and O–H groups in total. The third-order valence-electron chi connectivity index (χ3n) is 12.0. The van der Waals surface area contributed by atoms with Gasteiger partial charge in [0.2, 0.25) is 0 Å². The molecule has 0 unspecified atom stereocenters. The topological polar surface area (TPSA) is 38.9 Å². The second-order valence-electron chi connectivity index (χ2n) is 15.9. The Morgan fingerprint density at radius 1 is 0.623 bits per heavy atom. The van der Waals surface area contributed by atoms with E-state index in [-0.39, 0.29) is 30.9 Å². The van der Waals surface area contributed by atoms with Gasteiger partial charge in [-0.15, -0.1) is 58.7 Å². The Hall–Kier alpha value is -4.37. The molecule has 3 aromatic heterocycles. The third-order valence-corrected chi connectivity index (χ3v) is 12.0. The number of para-hydroxylation sites is 1. The minimum absolute atomic E-state index is 0. The van der Waals surface area contributed by atoms with Crippen molar-refractivity contribution in [2.75, 3.05) is 0 Å². The van der Waals surface area contributed by atoms with Gasteiger partial charge >= 0.3 is 0 Å². The molecule has 4 heteroatoms. The first-order valence-electron chi connectivity index (χ1n) is 19.1. The average Bonchev–Trinajstić information content (AvgIpc) is 3.88. The summed E-state index contributed by atoms with van der Waals surface area (Å²) in [5.74, 6) is 0.761. The molecular formula is C49H48IrN2O-2. The molecule has 53 heavy (non-hydrogen) atoms. The van der Waals surface area contributed by atoms with E-state index in [1.165, 1.54) is 79.2 Å². The summed E-state index contributed by atoms with van der Waals surface area (Å²) in [6.45, 7) is 9.33. The molecule has 1 radical (unpaired) electrons. The van der Waals surface area contributed by atoms with E-state index in [1.54, 1.807) is 0 Å². The minimum atomic E-state index is -0.103. The molecular weight excluding hydrogens is 825 g/mol. The predicted octanol–water partition coefficient (Wildman–Crippen LogP) is 12.7. The third kappa shape index (κ3) is 7.42. The smallest absolute Gasteiger partial charge is 0.120 e. The maximum atomic E-state index is 5.94. The van der Waals surface area contributed by atoms with Gasteiger partial charge in [-0.05, 0) is 71.3 Å². The molecule has 0 atom stereocenters. The van der Waals surface area contributed by atoms with E-state index < -0.39 is 0 Å². The molecule has 271 valence electrons. The van der Waals surface area contributed by atoms with Crippen LogP contribution in [0.1, 0.15) is 94.0 Å². The van der Waals surface area contributed by atoms with Crippen molar-refractivity contribution in [3.05, 3.63) is 155 Å². The van der Waals surface area contributed by atoms with Gasteiger partial charge in [0.15, 0.2) is 0 Å². The van der Waals surface area contributed by atoms with Crippen molar-refractivity contribution in [3.8, 4) is 22.5 Å². The fourth-order valence-electron chi connectivity index (χ4n) is 8.61. The van der Waals surface area contributed by atoms with Crippen molar-refractivity contribution in [2.45, 2.75) is 89.9 Å². The summed E-state index contributed by atoms with van der Waals surface area (Å²) in [4.78, 5) is 9.42. The summed E-state index contributed by atoms with van der Waals surface area (Å²) < 4.78 is 5.94. The zero-order valence-corrected chi connectivity index (χ0v) is 33.7. The van der Waals surface area contributed by atoms with Crippen LogP contribution in [-0.2, 0) is 43.8 Å². The van der Waals surface area contributed by atoms with E-state index in [0.29, 0.717) is 0 Å². The predicted molar refractivity (Wildman–Crippen MR) is 214 cm³/mol. The van der Waals surface area contributed by atoms with Gasteiger partial charge in [0.05, 0.1) is 5.58 Å². The van der Waals surface area contributed by atoms with Crippen molar-refractivity contribution in [2.24, 2.45) is 5.92 Å². The Labute approximate surface area is 328 Å². The van der Waals surface area contributed by atoms with Crippen LogP contribution in [0.15, 0.2) is 120 Å². The molecule has 4 aromatic carbocycles. The molecule has 2 aliphatic carbocycles. The summed E-state index contributed by atoms with van der Waals surface area (Å²) in [5.41, 5.74) is 13.0. The fraction of sp³-hybridized carbons (Fsp3) is 0.306. The number of aryl methyl sites for hydroxylation is 2. The number of pyridine rings is 2. The molecule has 9 rings (SSSR count). The Morgan fingerprint density at radius 2 is 1.36 bits per heavy atom. The average molecular weight is 873 g/mol. The fourth-order valence-corrected chi connectivity index (χ4v) is 8.61. The molecule has 3 heterocycles. The van der Waals surface area contributed by atoms with Gasteiger partial charge in [0.1, 0.15) is 5.58 Å². The Bertz CT molecular complexity index is 2330. The van der Waals surface area contributed by atoms with Crippen LogP contribution in [-0.4, -0.2) is 9.97 Å². The van der Waals surface area contributed by atoms with Crippen LogP contribution in [0.4, 0.5) is 0 Å². The Kier molecular flexibility index (Phi) is 10.8. The number of fused-ring (bicyclic) bond motifs is 4. The van der Waals surface area contributed by atoms with Crippen LogP contribution in [0.3, 0.4) is 0 Å². The first-order chi connectivity index (χ1) is 25.3. The van der Waals surface area contributed by atoms with E-state index in [4.69, 9.17) is 9.40 Å². The first kappa shape index (κ1) is 37.0. The quantitative estimate of drug-likeness (QED) is 0.156. The number of furan rings is 1. The van der Waals surface area contributed by atoms with Crippen molar-refractivity contribution >= 4 is 21.9 Å². The van der Waals surface area contributed by atoms with Gasteiger partial charge in [0, 0.05) is 43.3 Å². The van der Waals surface area contributed by atoms with Gasteiger partial charge in [-0.25, -0.2) is 0 Å². The summed E-state index contributed by atoms with van der Waals surface area (Å²) >= 11 is 0. The summed E-state index contributed by atoms with van der Waals surface area (Å²) in [6, 6.07) is 43.1. The molecule has 0 bridgehead atoms. The molecule has 1 fully saturated rings. The van der Waals surface area contributed by atoms with Crippen molar-refractivity contribution in [1.82, 2.24) is 9.97 Å². The van der Waals surface area contributed by atoms with Crippen molar-refractivity contribution in [3.63, 3.8) is 0 Å². The number of hydrogen-bond donors (Lipinski definition) is 0. The van der Waals surface area contributed by atoms with Crippen LogP contribution in [0, 0.1) is 18.1 Å². The van der Waals surface area contributed by atoms with Crippen LogP contribution in [0.5, 0.6) is 0 Å². The summed E-state index contributed by atoms with van der Waals surface area (Å²) in [7, 11) is 0. The minimum Gasteiger partial charge on any atom is -0.500 e. The van der Waals surface area contributed by atoms with E-state index in [9.17, 15) is 0 Å². The maximum Gasteiger partial charge on any atom is 0.120 e. The first-order valence-corrected chi connectivity index (χ1v) is 19.1. The second kappa shape index (κ2) is 15.5. The van der Waals surface area contributed by atoms with E-state index in [1.807, 2.05) is 36.7 Å². The van der Waals surface area contributed by atoms with Crippen LogP contribution in [0.25, 0.3) is 44.5 Å². The van der Waals surface area contributed by atoms with Gasteiger partial charge < -0.3 is 14.4 Å². The number of nitrogens with zero attached hydrogens (tertiary/aromatic N) is 2. The Morgan fingerprint density at radius 3 is 2.17 bits per heavy atom. The number of hydrogen-bond acceptors (Lipinski definition) is 3. The zero-order chi connectivity index (χ0) is 35.7. The number of aromatic nitrogens is 2. The van der Waals surface area contributed by atoms with Crippen molar-refractivity contribution < 1.29 is 24.5 Å². The second-order valence-corrected chi connectivity index (χ2v) is 15.9. The number of rotatable bonds is 6. The van der Waals surface area contributed by atoms with E-state index in [2.05, 4.69) is 124 Å². The van der Waals surface area contributed by atoms with Crippen LogP contribution in [0.2, 0.25) is 0 Å². The normalized spacial score (nSPS) is 14.7. The van der Waals surface area contributed by atoms with Crippen LogP contribution >= 0.6 is 0 Å².